The molecule has 0 radical (unpaired) electrons. The predicted octanol–water partition coefficient (Wildman–Crippen LogP) is 0.126. The number of nitrogens with one attached hydrogen (secondary N) is 1. The number of nitrogens with two attached hydrogens (primary N) is 1. The lowest BCUT2D eigenvalue weighted by Gasteiger charge is -2.15. The molecule has 0 saturated heterocycles. The molecule has 18 heavy (non-hydrogen) atoms. The maximum absolute atomic E-state index is 11.4. The molecule has 0 fully saturated rings. The van der Waals surface area contributed by atoms with Gasteiger partial charge in [0.25, 0.3) is 0 Å². The van der Waals surface area contributed by atoms with Crippen LogP contribution in [0, 0.1) is 0 Å². The molecule has 100 valence electrons. The van der Waals surface area contributed by atoms with Crippen LogP contribution in [0.1, 0.15) is 17.9 Å². The highest BCUT2D eigenvalue weighted by Crippen LogP contribution is 2.20. The van der Waals surface area contributed by atoms with Crippen LogP contribution < -0.4 is 10.5 Å². The molecule has 0 spiro atoms. The summed E-state index contributed by atoms with van der Waals surface area (Å²) in [5.74, 6) is -0.550. The van der Waals surface area contributed by atoms with Gasteiger partial charge in [0.1, 0.15) is 0 Å². The third-order valence-electron chi connectivity index (χ3n) is 2.42. The van der Waals surface area contributed by atoms with Crippen LogP contribution in [0.15, 0.2) is 30.3 Å². The lowest BCUT2D eigenvalue weighted by atomic mass is 9.96. The second-order valence-electron chi connectivity index (χ2n) is 3.76. The first-order valence-corrected chi connectivity index (χ1v) is 6.82. The predicted molar refractivity (Wildman–Crippen MR) is 66.9 cm³/mol. The molecule has 1 unspecified atom stereocenters. The molecule has 1 atom stereocenters. The van der Waals surface area contributed by atoms with Crippen LogP contribution in [0.4, 0.5) is 0 Å². The van der Waals surface area contributed by atoms with Crippen molar-refractivity contribution in [3.05, 3.63) is 35.9 Å². The van der Waals surface area contributed by atoms with Gasteiger partial charge < -0.3 is 5.32 Å². The summed E-state index contributed by atoms with van der Waals surface area (Å²) in [5, 5.41) is 7.26. The largest absolute Gasteiger partial charge is 0.359 e. The zero-order chi connectivity index (χ0) is 13.6. The lowest BCUT2D eigenvalue weighted by molar-refractivity contribution is -0.121. The Morgan fingerprint density at radius 1 is 1.39 bits per heavy atom. The van der Waals surface area contributed by atoms with Crippen LogP contribution in [0.5, 0.6) is 0 Å². The van der Waals surface area contributed by atoms with Crippen LogP contribution in [0.2, 0.25) is 0 Å². The van der Waals surface area contributed by atoms with Crippen molar-refractivity contribution in [2.75, 3.05) is 13.7 Å². The molecule has 1 rings (SSSR count). The van der Waals surface area contributed by atoms with Crippen LogP contribution in [-0.2, 0) is 19.3 Å². The summed E-state index contributed by atoms with van der Waals surface area (Å²) >= 11 is 0. The van der Waals surface area contributed by atoms with Gasteiger partial charge in [-0.05, 0) is 5.56 Å². The van der Waals surface area contributed by atoms with Crippen LogP contribution in [-0.4, -0.2) is 28.0 Å². The second-order valence-corrected chi connectivity index (χ2v) is 4.98. The third kappa shape index (κ3) is 5.26. The quantitative estimate of drug-likeness (QED) is 0.768. The van der Waals surface area contributed by atoms with Crippen molar-refractivity contribution in [1.29, 1.82) is 0 Å². The van der Waals surface area contributed by atoms with E-state index in [1.165, 1.54) is 7.05 Å². The van der Waals surface area contributed by atoms with E-state index >= 15 is 0 Å². The Morgan fingerprint density at radius 2 is 2.00 bits per heavy atom. The van der Waals surface area contributed by atoms with Crippen molar-refractivity contribution in [3.63, 3.8) is 0 Å². The third-order valence-corrected chi connectivity index (χ3v) is 2.88. The molecule has 0 aliphatic carbocycles. The molecule has 0 aromatic heterocycles. The molecular weight excluding hydrogens is 256 g/mol. The number of hydrogen-bond donors (Lipinski definition) is 2. The van der Waals surface area contributed by atoms with E-state index in [1.54, 1.807) is 12.1 Å². The van der Waals surface area contributed by atoms with Gasteiger partial charge in [0, 0.05) is 19.4 Å². The highest BCUT2D eigenvalue weighted by atomic mass is 32.2. The summed E-state index contributed by atoms with van der Waals surface area (Å²) < 4.78 is 26.1. The zero-order valence-corrected chi connectivity index (χ0v) is 10.8. The van der Waals surface area contributed by atoms with Gasteiger partial charge in [-0.3, -0.25) is 8.98 Å². The Morgan fingerprint density at radius 3 is 2.50 bits per heavy atom. The van der Waals surface area contributed by atoms with Crippen LogP contribution in [0.25, 0.3) is 0 Å². The molecule has 6 nitrogen and oxygen atoms in total. The summed E-state index contributed by atoms with van der Waals surface area (Å²) in [5.41, 5.74) is 0.824. The van der Waals surface area contributed by atoms with Crippen molar-refractivity contribution < 1.29 is 17.4 Å². The molecule has 0 saturated carbocycles. The smallest absolute Gasteiger partial charge is 0.333 e. The van der Waals surface area contributed by atoms with Gasteiger partial charge in [-0.1, -0.05) is 30.3 Å². The van der Waals surface area contributed by atoms with Gasteiger partial charge >= 0.3 is 10.3 Å². The summed E-state index contributed by atoms with van der Waals surface area (Å²) in [6, 6.07) is 9.06. The fraction of sp³-hybridized carbons (Fsp3) is 0.364. The number of carbonyl (C=O) groups excluding carboxylic acids is 1. The van der Waals surface area contributed by atoms with Crippen LogP contribution in [0.3, 0.4) is 0 Å². The first-order valence-electron chi connectivity index (χ1n) is 5.35. The summed E-state index contributed by atoms with van der Waals surface area (Å²) in [6.45, 7) is -0.156. The Bertz CT molecular complexity index is 487. The lowest BCUT2D eigenvalue weighted by Crippen LogP contribution is -2.25. The second kappa shape index (κ2) is 6.48. The van der Waals surface area contributed by atoms with E-state index in [2.05, 4.69) is 9.50 Å². The summed E-state index contributed by atoms with van der Waals surface area (Å²) in [7, 11) is -2.48. The van der Waals surface area contributed by atoms with E-state index in [-0.39, 0.29) is 24.9 Å². The van der Waals surface area contributed by atoms with E-state index < -0.39 is 10.3 Å². The molecule has 0 heterocycles. The number of amides is 1. The minimum atomic E-state index is -4.00. The molecule has 0 aliphatic heterocycles. The Hall–Kier alpha value is -1.44. The maximum Gasteiger partial charge on any atom is 0.333 e. The van der Waals surface area contributed by atoms with E-state index in [4.69, 9.17) is 5.14 Å². The molecule has 0 bridgehead atoms. The minimum absolute atomic E-state index is 0.135. The van der Waals surface area contributed by atoms with E-state index in [9.17, 15) is 13.2 Å². The molecule has 3 N–H and O–H groups in total. The monoisotopic (exact) mass is 272 g/mol. The highest BCUT2D eigenvalue weighted by molar-refractivity contribution is 7.84. The zero-order valence-electron chi connectivity index (χ0n) is 10.00. The molecule has 1 aromatic rings. The SMILES string of the molecule is CNC(=O)CC(COS(N)(=O)=O)c1ccccc1. The fourth-order valence-corrected chi connectivity index (χ4v) is 1.85. The van der Waals surface area contributed by atoms with Gasteiger partial charge in [0.05, 0.1) is 6.61 Å². The molecular formula is C11H16N2O4S. The van der Waals surface area contributed by atoms with E-state index in [0.717, 1.165) is 5.56 Å². The van der Waals surface area contributed by atoms with Crippen molar-refractivity contribution in [1.82, 2.24) is 5.32 Å². The van der Waals surface area contributed by atoms with Crippen molar-refractivity contribution in [3.8, 4) is 0 Å². The summed E-state index contributed by atoms with van der Waals surface area (Å²) in [4.78, 5) is 11.4. The average molecular weight is 272 g/mol. The molecule has 0 aliphatic rings. The summed E-state index contributed by atoms with van der Waals surface area (Å²) in [6.07, 6.45) is 0.135. The maximum atomic E-state index is 11.4. The number of benzene rings is 1. The first kappa shape index (κ1) is 14.6. The fourth-order valence-electron chi connectivity index (χ4n) is 1.50. The Kier molecular flexibility index (Phi) is 5.26. The van der Waals surface area contributed by atoms with Gasteiger partial charge in [-0.25, -0.2) is 5.14 Å². The van der Waals surface area contributed by atoms with E-state index in [1.807, 2.05) is 18.2 Å². The number of hydrogen-bond acceptors (Lipinski definition) is 4. The van der Waals surface area contributed by atoms with Crippen molar-refractivity contribution >= 4 is 16.2 Å². The van der Waals surface area contributed by atoms with Gasteiger partial charge in [0.15, 0.2) is 0 Å². The number of carbonyl (C=O) groups is 1. The van der Waals surface area contributed by atoms with Gasteiger partial charge in [-0.2, -0.15) is 8.42 Å². The standard InChI is InChI=1S/C11H16N2O4S/c1-13-11(14)7-10(8-17-18(12,15)16)9-5-3-2-4-6-9/h2-6,10H,7-8H2,1H3,(H,13,14)(H2,12,15,16). The minimum Gasteiger partial charge on any atom is -0.359 e. The normalized spacial score (nSPS) is 13.0. The first-order chi connectivity index (χ1) is 8.42. The molecule has 7 heteroatoms. The van der Waals surface area contributed by atoms with Gasteiger partial charge in [0.2, 0.25) is 5.91 Å². The molecule has 1 aromatic carbocycles. The van der Waals surface area contributed by atoms with Crippen molar-refractivity contribution in [2.24, 2.45) is 5.14 Å². The Balaban J connectivity index is 2.79. The van der Waals surface area contributed by atoms with Gasteiger partial charge in [-0.15, -0.1) is 0 Å². The topological polar surface area (TPSA) is 98.5 Å². The van der Waals surface area contributed by atoms with E-state index in [0.29, 0.717) is 0 Å². The van der Waals surface area contributed by atoms with Crippen LogP contribution >= 0.6 is 0 Å². The van der Waals surface area contributed by atoms with Crippen molar-refractivity contribution in [2.45, 2.75) is 12.3 Å². The average Bonchev–Trinajstić information content (AvgIpc) is 2.34. The Labute approximate surface area is 106 Å². The molecule has 1 amide bonds. The highest BCUT2D eigenvalue weighted by Gasteiger charge is 2.18. The number of rotatable bonds is 6.